The maximum absolute atomic E-state index is 12.5. The third kappa shape index (κ3) is 57.6. The number of rotatable bonds is 61. The summed E-state index contributed by atoms with van der Waals surface area (Å²) in [5, 5.41) is 23.2. The highest BCUT2D eigenvalue weighted by molar-refractivity contribution is 5.76. The van der Waals surface area contributed by atoms with Crippen molar-refractivity contribution >= 4 is 11.9 Å². The molecule has 0 aromatic rings. The minimum absolute atomic E-state index is 0.00884. The first-order valence-electron chi connectivity index (χ1n) is 32.6. The molecule has 6 nitrogen and oxygen atoms in total. The van der Waals surface area contributed by atoms with Crippen LogP contribution in [0.4, 0.5) is 0 Å². The standard InChI is InChI=1S/C66H127NO5/c1-3-5-7-9-11-13-15-17-18-19-20-21-23-26-29-32-35-38-42-46-50-54-58-64(69)63(62-68)67-65(70)59-55-51-47-43-39-36-33-30-27-24-22-25-28-31-34-37-41-45-49-53-57-61-72-66(71)60-56-52-48-44-40-16-14-12-10-8-6-4-2/h24,27,54,58,63-64,68-69H,3-23,25-26,28-53,55-57,59-62H2,1-2H3,(H,67,70)/b27-24-,58-54+. The van der Waals surface area contributed by atoms with Gasteiger partial charge in [-0.15, -0.1) is 0 Å². The fourth-order valence-electron chi connectivity index (χ4n) is 10.2. The van der Waals surface area contributed by atoms with Crippen molar-refractivity contribution in [3.05, 3.63) is 24.3 Å². The summed E-state index contributed by atoms with van der Waals surface area (Å²) in [4.78, 5) is 24.5. The van der Waals surface area contributed by atoms with E-state index < -0.39 is 12.1 Å². The molecule has 2 atom stereocenters. The predicted octanol–water partition coefficient (Wildman–Crippen LogP) is 20.6. The van der Waals surface area contributed by atoms with Crippen LogP contribution in [-0.2, 0) is 14.3 Å². The van der Waals surface area contributed by atoms with Gasteiger partial charge in [-0.2, -0.15) is 0 Å². The van der Waals surface area contributed by atoms with Gasteiger partial charge in [0.1, 0.15) is 0 Å². The molecule has 0 aliphatic rings. The van der Waals surface area contributed by atoms with E-state index in [1.807, 2.05) is 6.08 Å². The highest BCUT2D eigenvalue weighted by Gasteiger charge is 2.18. The minimum atomic E-state index is -0.850. The number of ether oxygens (including phenoxy) is 1. The van der Waals surface area contributed by atoms with Crippen LogP contribution >= 0.6 is 0 Å². The van der Waals surface area contributed by atoms with Gasteiger partial charge >= 0.3 is 5.97 Å². The molecule has 0 rings (SSSR count). The van der Waals surface area contributed by atoms with Gasteiger partial charge in [0.25, 0.3) is 0 Å². The number of hydrogen-bond acceptors (Lipinski definition) is 5. The summed E-state index contributed by atoms with van der Waals surface area (Å²) in [5.74, 6) is -0.0633. The molecular weight excluding hydrogens is 887 g/mol. The largest absolute Gasteiger partial charge is 0.466 e. The molecule has 6 heteroatoms. The van der Waals surface area contributed by atoms with Crippen molar-refractivity contribution in [1.29, 1.82) is 0 Å². The average molecular weight is 1010 g/mol. The first-order chi connectivity index (χ1) is 35.5. The van der Waals surface area contributed by atoms with Crippen LogP contribution in [0.1, 0.15) is 361 Å². The van der Waals surface area contributed by atoms with E-state index >= 15 is 0 Å². The quantitative estimate of drug-likeness (QED) is 0.0320. The maximum Gasteiger partial charge on any atom is 0.305 e. The molecule has 0 aliphatic carbocycles. The summed E-state index contributed by atoms with van der Waals surface area (Å²) in [6.07, 6.45) is 76.6. The van der Waals surface area contributed by atoms with Crippen molar-refractivity contribution in [3.63, 3.8) is 0 Å². The summed E-state index contributed by atoms with van der Waals surface area (Å²) in [5.41, 5.74) is 0. The lowest BCUT2D eigenvalue weighted by molar-refractivity contribution is -0.143. The normalized spacial score (nSPS) is 12.7. The van der Waals surface area contributed by atoms with Crippen molar-refractivity contribution in [2.45, 2.75) is 373 Å². The Labute approximate surface area is 450 Å². The molecule has 426 valence electrons. The van der Waals surface area contributed by atoms with E-state index in [2.05, 4.69) is 31.3 Å². The van der Waals surface area contributed by atoms with Gasteiger partial charge in [0.15, 0.2) is 0 Å². The van der Waals surface area contributed by atoms with Crippen molar-refractivity contribution < 1.29 is 24.5 Å². The van der Waals surface area contributed by atoms with E-state index in [9.17, 15) is 19.8 Å². The van der Waals surface area contributed by atoms with Crippen LogP contribution in [0.3, 0.4) is 0 Å². The van der Waals surface area contributed by atoms with Gasteiger partial charge in [0, 0.05) is 12.8 Å². The predicted molar refractivity (Wildman–Crippen MR) is 315 cm³/mol. The molecule has 0 aromatic carbocycles. The highest BCUT2D eigenvalue weighted by Crippen LogP contribution is 2.18. The third-order valence-corrected chi connectivity index (χ3v) is 15.2. The number of aliphatic hydroxyl groups excluding tert-OH is 2. The van der Waals surface area contributed by atoms with Crippen molar-refractivity contribution in [2.75, 3.05) is 13.2 Å². The van der Waals surface area contributed by atoms with Gasteiger partial charge in [0.05, 0.1) is 25.4 Å². The lowest BCUT2D eigenvalue weighted by atomic mass is 10.0. The van der Waals surface area contributed by atoms with Gasteiger partial charge in [-0.1, -0.05) is 314 Å². The molecule has 0 heterocycles. The highest BCUT2D eigenvalue weighted by atomic mass is 16.5. The summed E-state index contributed by atoms with van der Waals surface area (Å²) in [6, 6.07) is -0.634. The van der Waals surface area contributed by atoms with Crippen molar-refractivity contribution in [2.24, 2.45) is 0 Å². The molecule has 0 fully saturated rings. The first kappa shape index (κ1) is 70.3. The molecule has 1 amide bonds. The number of allylic oxidation sites excluding steroid dienone is 3. The van der Waals surface area contributed by atoms with Crippen LogP contribution < -0.4 is 5.32 Å². The lowest BCUT2D eigenvalue weighted by Gasteiger charge is -2.20. The smallest absolute Gasteiger partial charge is 0.305 e. The fraction of sp³-hybridized carbons (Fsp3) is 0.909. The Morgan fingerprint density at radius 2 is 0.653 bits per heavy atom. The number of amides is 1. The summed E-state index contributed by atoms with van der Waals surface area (Å²) in [7, 11) is 0. The second kappa shape index (κ2) is 61.9. The Morgan fingerprint density at radius 1 is 0.375 bits per heavy atom. The number of nitrogens with one attached hydrogen (secondary N) is 1. The molecule has 0 aromatic heterocycles. The van der Waals surface area contributed by atoms with Crippen LogP contribution in [0.15, 0.2) is 24.3 Å². The Morgan fingerprint density at radius 3 is 0.986 bits per heavy atom. The molecule has 0 radical (unpaired) electrons. The number of esters is 1. The van der Waals surface area contributed by atoms with Crippen LogP contribution in [0.2, 0.25) is 0 Å². The first-order valence-corrected chi connectivity index (χ1v) is 32.6. The van der Waals surface area contributed by atoms with Crippen LogP contribution in [-0.4, -0.2) is 47.4 Å². The summed E-state index contributed by atoms with van der Waals surface area (Å²) in [6.45, 7) is 4.92. The molecular formula is C66H127NO5. The Bertz CT molecular complexity index is 1120. The van der Waals surface area contributed by atoms with E-state index in [0.717, 1.165) is 44.9 Å². The number of hydrogen-bond donors (Lipinski definition) is 3. The van der Waals surface area contributed by atoms with Gasteiger partial charge in [0.2, 0.25) is 5.91 Å². The van der Waals surface area contributed by atoms with Gasteiger partial charge in [-0.05, 0) is 57.8 Å². The molecule has 0 bridgehead atoms. The van der Waals surface area contributed by atoms with Crippen LogP contribution in [0.25, 0.3) is 0 Å². The zero-order chi connectivity index (χ0) is 52.2. The van der Waals surface area contributed by atoms with Gasteiger partial charge < -0.3 is 20.3 Å². The fourth-order valence-corrected chi connectivity index (χ4v) is 10.2. The van der Waals surface area contributed by atoms with E-state index in [1.165, 1.54) is 289 Å². The monoisotopic (exact) mass is 1010 g/mol. The number of aliphatic hydroxyl groups is 2. The Kier molecular flexibility index (Phi) is 60.5. The summed E-state index contributed by atoms with van der Waals surface area (Å²) < 4.78 is 5.47. The van der Waals surface area contributed by atoms with E-state index in [-0.39, 0.29) is 18.5 Å². The SMILES string of the molecule is CCCCCCCCCCCCCCCCCCCCCC/C=C/C(O)C(CO)NC(=O)CCCCCCCCC/C=C\CCCCCCCCCCCCOC(=O)CCCCCCCCCCCCCC. The van der Waals surface area contributed by atoms with E-state index in [4.69, 9.17) is 4.74 Å². The van der Waals surface area contributed by atoms with Crippen molar-refractivity contribution in [1.82, 2.24) is 5.32 Å². The Hall–Kier alpha value is -1.66. The number of carbonyl (C=O) groups is 2. The topological polar surface area (TPSA) is 95.9 Å². The van der Waals surface area contributed by atoms with Crippen molar-refractivity contribution in [3.8, 4) is 0 Å². The van der Waals surface area contributed by atoms with Gasteiger partial charge in [-0.3, -0.25) is 9.59 Å². The lowest BCUT2D eigenvalue weighted by Crippen LogP contribution is -2.45. The molecule has 0 saturated carbocycles. The second-order valence-electron chi connectivity index (χ2n) is 22.5. The summed E-state index contributed by atoms with van der Waals surface area (Å²) >= 11 is 0. The number of carbonyl (C=O) groups excluding carboxylic acids is 2. The second-order valence-corrected chi connectivity index (χ2v) is 22.5. The molecule has 72 heavy (non-hydrogen) atoms. The zero-order valence-electron chi connectivity index (χ0n) is 48.7. The minimum Gasteiger partial charge on any atom is -0.466 e. The molecule has 2 unspecified atom stereocenters. The Balaban J connectivity index is 3.46. The van der Waals surface area contributed by atoms with E-state index in [1.54, 1.807) is 6.08 Å². The average Bonchev–Trinajstić information content (AvgIpc) is 3.38. The van der Waals surface area contributed by atoms with Gasteiger partial charge in [-0.25, -0.2) is 0 Å². The zero-order valence-corrected chi connectivity index (χ0v) is 48.7. The molecule has 0 spiro atoms. The maximum atomic E-state index is 12.5. The number of unbranched alkanes of at least 4 members (excludes halogenated alkanes) is 48. The molecule has 0 saturated heterocycles. The van der Waals surface area contributed by atoms with E-state index in [0.29, 0.717) is 19.4 Å². The molecule has 3 N–H and O–H groups in total. The third-order valence-electron chi connectivity index (χ3n) is 15.2. The van der Waals surface area contributed by atoms with Crippen LogP contribution in [0.5, 0.6) is 0 Å². The van der Waals surface area contributed by atoms with Crippen LogP contribution in [0, 0.1) is 0 Å². The molecule has 0 aliphatic heterocycles.